The molecule has 1 aromatic heterocycles. The molecule has 2 aromatic rings. The third kappa shape index (κ3) is 2.05. The molecule has 90 valence electrons. The molecule has 17 heavy (non-hydrogen) atoms. The molecule has 2 rings (SSSR count). The van der Waals surface area contributed by atoms with Gasteiger partial charge in [0.15, 0.2) is 0 Å². The molecule has 2 N–H and O–H groups in total. The van der Waals surface area contributed by atoms with Gasteiger partial charge in [0.05, 0.1) is 6.33 Å². The quantitative estimate of drug-likeness (QED) is 0.877. The molecule has 0 fully saturated rings. The van der Waals surface area contributed by atoms with Crippen LogP contribution in [0.4, 0.5) is 5.82 Å². The summed E-state index contributed by atoms with van der Waals surface area (Å²) in [5.74, 6) is 0.751. The summed E-state index contributed by atoms with van der Waals surface area (Å²) < 4.78 is 2.00. The van der Waals surface area contributed by atoms with Crippen LogP contribution in [-0.4, -0.2) is 9.55 Å². The smallest absolute Gasteiger partial charge is 0.131 e. The Labute approximate surface area is 102 Å². The maximum absolute atomic E-state index is 6.16. The summed E-state index contributed by atoms with van der Waals surface area (Å²) in [6.45, 7) is 6.36. The van der Waals surface area contributed by atoms with Crippen LogP contribution in [0.5, 0.6) is 0 Å². The molecule has 0 aliphatic rings. The highest BCUT2D eigenvalue weighted by Gasteiger charge is 2.13. The predicted octanol–water partition coefficient (Wildman–Crippen LogP) is 3.28. The summed E-state index contributed by atoms with van der Waals surface area (Å²) in [7, 11) is 0. The van der Waals surface area contributed by atoms with Crippen molar-refractivity contribution >= 4 is 5.82 Å². The average Bonchev–Trinajstić information content (AvgIpc) is 2.71. The lowest BCUT2D eigenvalue weighted by atomic mass is 10.0. The Kier molecular flexibility index (Phi) is 3.18. The van der Waals surface area contributed by atoms with E-state index in [-0.39, 0.29) is 0 Å². The van der Waals surface area contributed by atoms with E-state index >= 15 is 0 Å². The monoisotopic (exact) mass is 229 g/mol. The third-order valence-electron chi connectivity index (χ3n) is 3.04. The van der Waals surface area contributed by atoms with Crippen LogP contribution < -0.4 is 5.73 Å². The van der Waals surface area contributed by atoms with Crippen molar-refractivity contribution in [2.24, 2.45) is 0 Å². The highest BCUT2D eigenvalue weighted by Crippen LogP contribution is 2.29. The summed E-state index contributed by atoms with van der Waals surface area (Å²) in [6, 6.07) is 8.64. The van der Waals surface area contributed by atoms with E-state index in [4.69, 9.17) is 5.73 Å². The number of hydrogen-bond donors (Lipinski definition) is 1. The van der Waals surface area contributed by atoms with Gasteiger partial charge in [-0.25, -0.2) is 4.98 Å². The van der Waals surface area contributed by atoms with Crippen LogP contribution in [0, 0.1) is 0 Å². The van der Waals surface area contributed by atoms with Crippen LogP contribution in [0.3, 0.4) is 0 Å². The van der Waals surface area contributed by atoms with Crippen LogP contribution in [-0.2, 0) is 6.42 Å². The maximum Gasteiger partial charge on any atom is 0.131 e. The number of nitrogens with two attached hydrogens (primary N) is 1. The number of anilines is 1. The number of aryl methyl sites for hydroxylation is 1. The third-order valence-corrected chi connectivity index (χ3v) is 3.04. The second kappa shape index (κ2) is 4.62. The van der Waals surface area contributed by atoms with Crippen molar-refractivity contribution in [1.29, 1.82) is 0 Å². The van der Waals surface area contributed by atoms with Crippen molar-refractivity contribution in [1.82, 2.24) is 9.55 Å². The maximum atomic E-state index is 6.16. The standard InChI is InChI=1S/C14H19N3/c1-4-11-7-5-6-8-12(11)13-14(15)17(9-16-13)10(2)3/h5-10H,4,15H2,1-3H3. The first kappa shape index (κ1) is 11.7. The van der Waals surface area contributed by atoms with E-state index in [0.29, 0.717) is 6.04 Å². The molecule has 0 saturated heterocycles. The molecule has 0 bridgehead atoms. The fraction of sp³-hybridized carbons (Fsp3) is 0.357. The summed E-state index contributed by atoms with van der Waals surface area (Å²) in [4.78, 5) is 4.45. The summed E-state index contributed by atoms with van der Waals surface area (Å²) >= 11 is 0. The van der Waals surface area contributed by atoms with E-state index in [2.05, 4.69) is 44.0 Å². The molecule has 0 aliphatic heterocycles. The van der Waals surface area contributed by atoms with Gasteiger partial charge in [0.1, 0.15) is 11.5 Å². The largest absolute Gasteiger partial charge is 0.383 e. The molecule has 0 unspecified atom stereocenters. The minimum Gasteiger partial charge on any atom is -0.383 e. The molecule has 0 radical (unpaired) electrons. The van der Waals surface area contributed by atoms with Crippen molar-refractivity contribution in [3.8, 4) is 11.3 Å². The Hall–Kier alpha value is -1.77. The number of rotatable bonds is 3. The lowest BCUT2D eigenvalue weighted by molar-refractivity contribution is 0.607. The average molecular weight is 229 g/mol. The molecular formula is C14H19N3. The van der Waals surface area contributed by atoms with E-state index in [9.17, 15) is 0 Å². The Balaban J connectivity index is 2.53. The number of nitrogens with zero attached hydrogens (tertiary/aromatic N) is 2. The van der Waals surface area contributed by atoms with Gasteiger partial charge in [-0.15, -0.1) is 0 Å². The Morgan fingerprint density at radius 1 is 1.29 bits per heavy atom. The van der Waals surface area contributed by atoms with Gasteiger partial charge < -0.3 is 10.3 Å². The minimum absolute atomic E-state index is 0.338. The van der Waals surface area contributed by atoms with E-state index in [1.807, 2.05) is 17.0 Å². The van der Waals surface area contributed by atoms with E-state index in [1.165, 1.54) is 5.56 Å². The second-order valence-corrected chi connectivity index (χ2v) is 4.49. The Morgan fingerprint density at radius 3 is 2.59 bits per heavy atom. The zero-order valence-corrected chi connectivity index (χ0v) is 10.6. The van der Waals surface area contributed by atoms with Gasteiger partial charge in [-0.2, -0.15) is 0 Å². The molecule has 0 spiro atoms. The fourth-order valence-electron chi connectivity index (χ4n) is 2.05. The SMILES string of the molecule is CCc1ccccc1-c1ncn(C(C)C)c1N. The zero-order valence-electron chi connectivity index (χ0n) is 10.6. The van der Waals surface area contributed by atoms with Crippen molar-refractivity contribution in [3.63, 3.8) is 0 Å². The van der Waals surface area contributed by atoms with Crippen LogP contribution in [0.2, 0.25) is 0 Å². The molecule has 0 aliphatic carbocycles. The second-order valence-electron chi connectivity index (χ2n) is 4.49. The number of imidazole rings is 1. The first-order chi connectivity index (χ1) is 8.15. The summed E-state index contributed by atoms with van der Waals surface area (Å²) in [5.41, 5.74) is 9.49. The topological polar surface area (TPSA) is 43.8 Å². The van der Waals surface area contributed by atoms with E-state index < -0.39 is 0 Å². The van der Waals surface area contributed by atoms with E-state index in [1.54, 1.807) is 0 Å². The van der Waals surface area contributed by atoms with Crippen LogP contribution >= 0.6 is 0 Å². The highest BCUT2D eigenvalue weighted by atomic mass is 15.1. The number of aromatic nitrogens is 2. The first-order valence-electron chi connectivity index (χ1n) is 6.05. The van der Waals surface area contributed by atoms with Gasteiger partial charge in [-0.1, -0.05) is 31.2 Å². The van der Waals surface area contributed by atoms with Crippen molar-refractivity contribution in [2.75, 3.05) is 5.73 Å². The first-order valence-corrected chi connectivity index (χ1v) is 6.05. The molecule has 0 atom stereocenters. The van der Waals surface area contributed by atoms with Crippen molar-refractivity contribution < 1.29 is 0 Å². The minimum atomic E-state index is 0.338. The van der Waals surface area contributed by atoms with Gasteiger partial charge in [-0.3, -0.25) is 0 Å². The Morgan fingerprint density at radius 2 is 2.00 bits per heavy atom. The van der Waals surface area contributed by atoms with Crippen LogP contribution in [0.25, 0.3) is 11.3 Å². The van der Waals surface area contributed by atoms with E-state index in [0.717, 1.165) is 23.5 Å². The number of hydrogen-bond acceptors (Lipinski definition) is 2. The molecule has 1 heterocycles. The fourth-order valence-corrected chi connectivity index (χ4v) is 2.05. The molecule has 3 heteroatoms. The van der Waals surface area contributed by atoms with Gasteiger partial charge in [0, 0.05) is 11.6 Å². The molecule has 3 nitrogen and oxygen atoms in total. The highest BCUT2D eigenvalue weighted by molar-refractivity contribution is 5.73. The van der Waals surface area contributed by atoms with Crippen LogP contribution in [0.15, 0.2) is 30.6 Å². The van der Waals surface area contributed by atoms with Gasteiger partial charge in [-0.05, 0) is 25.8 Å². The van der Waals surface area contributed by atoms with Gasteiger partial charge in [0.2, 0.25) is 0 Å². The van der Waals surface area contributed by atoms with Crippen molar-refractivity contribution in [2.45, 2.75) is 33.2 Å². The predicted molar refractivity (Wildman–Crippen MR) is 71.8 cm³/mol. The van der Waals surface area contributed by atoms with Crippen LogP contribution in [0.1, 0.15) is 32.4 Å². The zero-order chi connectivity index (χ0) is 12.4. The lowest BCUT2D eigenvalue weighted by Gasteiger charge is -2.10. The molecule has 1 aromatic carbocycles. The molecular weight excluding hydrogens is 210 g/mol. The number of nitrogen functional groups attached to an aromatic ring is 1. The van der Waals surface area contributed by atoms with Crippen molar-refractivity contribution in [3.05, 3.63) is 36.2 Å². The van der Waals surface area contributed by atoms with Gasteiger partial charge in [0.25, 0.3) is 0 Å². The normalized spacial score (nSPS) is 11.1. The molecule has 0 amide bonds. The lowest BCUT2D eigenvalue weighted by Crippen LogP contribution is -2.04. The Bertz CT molecular complexity index is 512. The number of benzene rings is 1. The summed E-state index contributed by atoms with van der Waals surface area (Å²) in [6.07, 6.45) is 2.81. The summed E-state index contributed by atoms with van der Waals surface area (Å²) in [5, 5.41) is 0. The molecule has 0 saturated carbocycles. The van der Waals surface area contributed by atoms with Gasteiger partial charge >= 0.3 is 0 Å².